The van der Waals surface area contributed by atoms with E-state index in [9.17, 15) is 18.0 Å². The van der Waals surface area contributed by atoms with E-state index in [0.29, 0.717) is 54.3 Å². The van der Waals surface area contributed by atoms with E-state index in [1.54, 1.807) is 25.8 Å². The van der Waals surface area contributed by atoms with Crippen LogP contribution in [0.2, 0.25) is 0 Å². The summed E-state index contributed by atoms with van der Waals surface area (Å²) in [4.78, 5) is 25.8. The van der Waals surface area contributed by atoms with E-state index in [2.05, 4.69) is 20.2 Å². The Morgan fingerprint density at radius 1 is 1.17 bits per heavy atom. The van der Waals surface area contributed by atoms with Crippen molar-refractivity contribution in [2.45, 2.75) is 38.5 Å². The van der Waals surface area contributed by atoms with Crippen LogP contribution in [0.15, 0.2) is 30.3 Å². The zero-order valence-corrected chi connectivity index (χ0v) is 20.2. The quantitative estimate of drug-likeness (QED) is 0.518. The van der Waals surface area contributed by atoms with E-state index in [1.807, 2.05) is 12.1 Å². The Morgan fingerprint density at radius 2 is 1.94 bits per heavy atom. The number of morpholine rings is 1. The summed E-state index contributed by atoms with van der Waals surface area (Å²) in [6, 6.07) is 6.75. The molecule has 11 heteroatoms. The number of carbonyl (C=O) groups excluding carboxylic acids is 1. The minimum Gasteiger partial charge on any atom is -0.399 e. The van der Waals surface area contributed by atoms with Crippen LogP contribution in [0.5, 0.6) is 0 Å². The molecule has 0 aliphatic carbocycles. The lowest BCUT2D eigenvalue weighted by Crippen LogP contribution is -2.46. The van der Waals surface area contributed by atoms with Gasteiger partial charge in [-0.2, -0.15) is 13.2 Å². The van der Waals surface area contributed by atoms with Crippen molar-refractivity contribution in [3.8, 4) is 0 Å². The van der Waals surface area contributed by atoms with Crippen LogP contribution in [0.4, 0.5) is 36.1 Å². The van der Waals surface area contributed by atoms with E-state index >= 15 is 0 Å². The summed E-state index contributed by atoms with van der Waals surface area (Å²) in [5, 5.41) is 3.97. The van der Waals surface area contributed by atoms with Gasteiger partial charge in [-0.1, -0.05) is 0 Å². The molecule has 0 bridgehead atoms. The standard InChI is InChI=1S/C25H27F3N6O2/c1-13(15-6-16(25(26,27)28)8-17(29)7-15)30-24-19-10-22-21(11-20(19)31-14(2)32-24)33(3)23(35)9-18-12-36-5-4-34(18)22/h6-8,10-11,13,18H,4-5,9,12,29H2,1-3H3,(H,30,31,32)/t13-,18?/m1/s1. The van der Waals surface area contributed by atoms with Gasteiger partial charge < -0.3 is 25.6 Å². The van der Waals surface area contributed by atoms with E-state index in [4.69, 9.17) is 10.5 Å². The molecule has 3 aromatic rings. The predicted octanol–water partition coefficient (Wildman–Crippen LogP) is 4.28. The maximum absolute atomic E-state index is 13.3. The molecule has 190 valence electrons. The summed E-state index contributed by atoms with van der Waals surface area (Å²) in [5.74, 6) is 0.979. The Hall–Kier alpha value is -3.60. The van der Waals surface area contributed by atoms with Crippen molar-refractivity contribution in [3.63, 3.8) is 0 Å². The summed E-state index contributed by atoms with van der Waals surface area (Å²) in [5.41, 5.74) is 7.65. The minimum atomic E-state index is -4.50. The van der Waals surface area contributed by atoms with Gasteiger partial charge in [0, 0.05) is 31.1 Å². The number of nitrogens with one attached hydrogen (secondary N) is 1. The van der Waals surface area contributed by atoms with E-state index in [0.717, 1.165) is 23.5 Å². The van der Waals surface area contributed by atoms with Gasteiger partial charge in [-0.3, -0.25) is 4.79 Å². The van der Waals surface area contributed by atoms with Gasteiger partial charge in [0.25, 0.3) is 0 Å². The number of alkyl halides is 3. The van der Waals surface area contributed by atoms with Gasteiger partial charge in [-0.15, -0.1) is 0 Å². The van der Waals surface area contributed by atoms with Crippen LogP contribution in [0, 0.1) is 6.92 Å². The summed E-state index contributed by atoms with van der Waals surface area (Å²) in [7, 11) is 1.75. The number of fused-ring (bicyclic) bond motifs is 4. The number of aryl methyl sites for hydroxylation is 1. The number of ether oxygens (including phenoxy) is 1. The van der Waals surface area contributed by atoms with Crippen LogP contribution < -0.4 is 20.9 Å². The third kappa shape index (κ3) is 4.39. The van der Waals surface area contributed by atoms with E-state index < -0.39 is 17.8 Å². The Morgan fingerprint density at radius 3 is 2.69 bits per heavy atom. The van der Waals surface area contributed by atoms with Crippen molar-refractivity contribution >= 4 is 39.7 Å². The molecule has 2 aromatic carbocycles. The molecular formula is C25H27F3N6O2. The molecule has 2 aliphatic heterocycles. The molecule has 2 atom stereocenters. The molecule has 36 heavy (non-hydrogen) atoms. The zero-order chi connectivity index (χ0) is 25.8. The maximum atomic E-state index is 13.3. The number of halogens is 3. The smallest absolute Gasteiger partial charge is 0.399 e. The van der Waals surface area contributed by atoms with Crippen LogP contribution in [0.25, 0.3) is 10.9 Å². The summed E-state index contributed by atoms with van der Waals surface area (Å²) < 4.78 is 45.7. The number of nitrogens with zero attached hydrogens (tertiary/aromatic N) is 4. The molecule has 2 aliphatic rings. The van der Waals surface area contributed by atoms with Crippen LogP contribution >= 0.6 is 0 Å². The van der Waals surface area contributed by atoms with Crippen LogP contribution in [0.3, 0.4) is 0 Å². The number of amides is 1. The lowest BCUT2D eigenvalue weighted by Gasteiger charge is -2.36. The highest BCUT2D eigenvalue weighted by Crippen LogP contribution is 2.40. The first-order valence-electron chi connectivity index (χ1n) is 11.7. The molecule has 0 radical (unpaired) electrons. The lowest BCUT2D eigenvalue weighted by molar-refractivity contribution is -0.137. The van der Waals surface area contributed by atoms with Crippen LogP contribution in [0.1, 0.15) is 36.3 Å². The molecule has 5 rings (SSSR count). The Kier molecular flexibility index (Phi) is 5.90. The number of nitrogen functional groups attached to an aromatic ring is 1. The first-order valence-corrected chi connectivity index (χ1v) is 11.7. The Balaban J connectivity index is 1.59. The molecule has 1 fully saturated rings. The number of carbonyl (C=O) groups is 1. The van der Waals surface area contributed by atoms with Crippen molar-refractivity contribution in [1.29, 1.82) is 0 Å². The summed E-state index contributed by atoms with van der Waals surface area (Å²) >= 11 is 0. The summed E-state index contributed by atoms with van der Waals surface area (Å²) in [6.45, 7) is 5.15. The molecule has 1 amide bonds. The fourth-order valence-corrected chi connectivity index (χ4v) is 4.87. The first kappa shape index (κ1) is 24.1. The molecule has 8 nitrogen and oxygen atoms in total. The van der Waals surface area contributed by atoms with Crippen molar-refractivity contribution in [3.05, 3.63) is 47.3 Å². The third-order valence-electron chi connectivity index (χ3n) is 6.74. The molecule has 3 N–H and O–H groups in total. The maximum Gasteiger partial charge on any atom is 0.416 e. The highest BCUT2D eigenvalue weighted by atomic mass is 19.4. The van der Waals surface area contributed by atoms with Crippen LogP contribution in [-0.2, 0) is 15.7 Å². The predicted molar refractivity (Wildman–Crippen MR) is 132 cm³/mol. The number of rotatable bonds is 3. The Bertz CT molecular complexity index is 1350. The van der Waals surface area contributed by atoms with Gasteiger partial charge >= 0.3 is 6.18 Å². The minimum absolute atomic E-state index is 0.00603. The first-order chi connectivity index (χ1) is 17.0. The largest absolute Gasteiger partial charge is 0.416 e. The molecule has 1 saturated heterocycles. The molecule has 1 unspecified atom stereocenters. The summed E-state index contributed by atoms with van der Waals surface area (Å²) in [6.07, 6.45) is -4.16. The van der Waals surface area contributed by atoms with Crippen molar-refractivity contribution < 1.29 is 22.7 Å². The number of anilines is 4. The van der Waals surface area contributed by atoms with Gasteiger partial charge in [0.05, 0.1) is 47.8 Å². The van der Waals surface area contributed by atoms with Crippen molar-refractivity contribution in [2.24, 2.45) is 0 Å². The highest BCUT2D eigenvalue weighted by molar-refractivity contribution is 6.04. The van der Waals surface area contributed by atoms with Gasteiger partial charge in [0.15, 0.2) is 0 Å². The SMILES string of the molecule is Cc1nc(N[C@H](C)c2cc(N)cc(C(F)(F)F)c2)c2cc3c(cc2n1)N(C)C(=O)CC1COCCN31. The number of benzene rings is 2. The number of nitrogens with two attached hydrogens (primary N) is 1. The molecule has 0 saturated carbocycles. The molecule has 3 heterocycles. The van der Waals surface area contributed by atoms with Crippen LogP contribution in [-0.4, -0.2) is 48.7 Å². The average Bonchev–Trinajstić information content (AvgIpc) is 2.91. The molecule has 0 spiro atoms. The number of hydrogen-bond donors (Lipinski definition) is 2. The normalized spacial score (nSPS) is 19.1. The van der Waals surface area contributed by atoms with Gasteiger partial charge in [-0.25, -0.2) is 9.97 Å². The topological polar surface area (TPSA) is 96.6 Å². The molecular weight excluding hydrogens is 473 g/mol. The van der Waals surface area contributed by atoms with Gasteiger partial charge in [0.1, 0.15) is 11.6 Å². The lowest BCUT2D eigenvalue weighted by atomic mass is 10.0. The fourth-order valence-electron chi connectivity index (χ4n) is 4.87. The monoisotopic (exact) mass is 500 g/mol. The number of aromatic nitrogens is 2. The second kappa shape index (κ2) is 8.81. The van der Waals surface area contributed by atoms with Gasteiger partial charge in [-0.05, 0) is 49.7 Å². The van der Waals surface area contributed by atoms with E-state index in [1.165, 1.54) is 6.07 Å². The van der Waals surface area contributed by atoms with Crippen molar-refractivity contribution in [1.82, 2.24) is 9.97 Å². The fraction of sp³-hybridized carbons (Fsp3) is 0.400. The van der Waals surface area contributed by atoms with Gasteiger partial charge in [0.2, 0.25) is 5.91 Å². The van der Waals surface area contributed by atoms with E-state index in [-0.39, 0.29) is 17.6 Å². The Labute approximate surface area is 206 Å². The number of hydrogen-bond acceptors (Lipinski definition) is 7. The zero-order valence-electron chi connectivity index (χ0n) is 20.2. The second-order valence-corrected chi connectivity index (χ2v) is 9.31. The third-order valence-corrected chi connectivity index (χ3v) is 6.74. The average molecular weight is 501 g/mol. The van der Waals surface area contributed by atoms with Crippen molar-refractivity contribution in [2.75, 3.05) is 47.7 Å². The highest BCUT2D eigenvalue weighted by Gasteiger charge is 2.34. The second-order valence-electron chi connectivity index (χ2n) is 9.31. The molecule has 1 aromatic heterocycles.